The van der Waals surface area contributed by atoms with Crippen molar-refractivity contribution in [2.45, 2.75) is 6.42 Å². The summed E-state index contributed by atoms with van der Waals surface area (Å²) >= 11 is 0. The third-order valence-electron chi connectivity index (χ3n) is 9.98. The molecule has 0 atom stereocenters. The Bertz CT molecular complexity index is 2870. The minimum atomic E-state index is 0.599. The zero-order valence-corrected chi connectivity index (χ0v) is 28.2. The second-order valence-electron chi connectivity index (χ2n) is 13.1. The standard InChI is InChI=1S/C48H31N3O/c1-4-13-31(14-5-1)35-19-10-20-37(29-35)47-49-46(34-16-7-2-8-17-34)50-48(51-47)40-23-12-24-43-45(40)41-30-36(27-28-42(41)52-43)39-22-11-18-33-26-25-32-15-6-3-9-21-38(32)44(33)39/h1-20,22-30H,21H2. The summed E-state index contributed by atoms with van der Waals surface area (Å²) in [6.07, 6.45) is 9.59. The van der Waals surface area contributed by atoms with E-state index in [9.17, 15) is 0 Å². The van der Waals surface area contributed by atoms with E-state index in [1.165, 1.54) is 27.5 Å². The first kappa shape index (κ1) is 30.0. The molecule has 1 aliphatic rings. The molecule has 52 heavy (non-hydrogen) atoms. The Morgan fingerprint density at radius 3 is 2.02 bits per heavy atom. The molecule has 0 spiro atoms. The largest absolute Gasteiger partial charge is 0.456 e. The summed E-state index contributed by atoms with van der Waals surface area (Å²) in [5.74, 6) is 1.84. The maximum Gasteiger partial charge on any atom is 0.164 e. The normalized spacial score (nSPS) is 12.4. The predicted octanol–water partition coefficient (Wildman–Crippen LogP) is 12.4. The first-order chi connectivity index (χ1) is 25.8. The number of fused-ring (bicyclic) bond motifs is 6. The maximum atomic E-state index is 6.51. The van der Waals surface area contributed by atoms with Gasteiger partial charge in [0.15, 0.2) is 17.5 Å². The van der Waals surface area contributed by atoms with Gasteiger partial charge < -0.3 is 4.42 Å². The van der Waals surface area contributed by atoms with Crippen molar-refractivity contribution in [3.05, 3.63) is 181 Å². The lowest BCUT2D eigenvalue weighted by Gasteiger charge is -2.14. The van der Waals surface area contributed by atoms with Crippen molar-refractivity contribution in [3.63, 3.8) is 0 Å². The monoisotopic (exact) mass is 665 g/mol. The van der Waals surface area contributed by atoms with Gasteiger partial charge in [0.25, 0.3) is 0 Å². The summed E-state index contributed by atoms with van der Waals surface area (Å²) in [6.45, 7) is 0. The van der Waals surface area contributed by atoms with E-state index in [0.29, 0.717) is 17.5 Å². The molecular formula is C48H31N3O. The lowest BCUT2D eigenvalue weighted by molar-refractivity contribution is 0.669. The smallest absolute Gasteiger partial charge is 0.164 e. The summed E-state index contributed by atoms with van der Waals surface area (Å²) < 4.78 is 6.51. The third-order valence-corrected chi connectivity index (χ3v) is 9.98. The number of hydrogen-bond donors (Lipinski definition) is 0. The summed E-state index contributed by atoms with van der Waals surface area (Å²) in [7, 11) is 0. The molecule has 0 N–H and O–H groups in total. The van der Waals surface area contributed by atoms with Gasteiger partial charge in [-0.05, 0) is 74.8 Å². The number of aromatic nitrogens is 3. The van der Waals surface area contributed by atoms with E-state index in [0.717, 1.165) is 61.7 Å². The van der Waals surface area contributed by atoms with Crippen LogP contribution in [0.15, 0.2) is 174 Å². The van der Waals surface area contributed by atoms with Crippen LogP contribution in [0.1, 0.15) is 11.1 Å². The Balaban J connectivity index is 1.18. The van der Waals surface area contributed by atoms with E-state index in [2.05, 4.69) is 127 Å². The Morgan fingerprint density at radius 2 is 1.15 bits per heavy atom. The summed E-state index contributed by atoms with van der Waals surface area (Å²) in [4.78, 5) is 15.3. The molecule has 4 nitrogen and oxygen atoms in total. The summed E-state index contributed by atoms with van der Waals surface area (Å²) in [5, 5.41) is 4.53. The van der Waals surface area contributed by atoms with Crippen LogP contribution in [0.5, 0.6) is 0 Å². The van der Waals surface area contributed by atoms with Crippen molar-refractivity contribution in [3.8, 4) is 56.4 Å². The predicted molar refractivity (Wildman–Crippen MR) is 214 cm³/mol. The molecule has 0 aliphatic heterocycles. The van der Waals surface area contributed by atoms with Gasteiger partial charge in [-0.2, -0.15) is 0 Å². The molecule has 0 saturated heterocycles. The first-order valence-corrected chi connectivity index (χ1v) is 17.6. The topological polar surface area (TPSA) is 51.8 Å². The number of rotatable bonds is 5. The van der Waals surface area contributed by atoms with Gasteiger partial charge in [-0.25, -0.2) is 15.0 Å². The van der Waals surface area contributed by atoms with Crippen LogP contribution in [0.3, 0.4) is 0 Å². The highest BCUT2D eigenvalue weighted by atomic mass is 16.3. The lowest BCUT2D eigenvalue weighted by Crippen LogP contribution is -2.00. The molecule has 2 aromatic heterocycles. The van der Waals surface area contributed by atoms with Gasteiger partial charge in [-0.1, -0.05) is 152 Å². The lowest BCUT2D eigenvalue weighted by atomic mass is 9.90. The molecule has 2 heterocycles. The van der Waals surface area contributed by atoms with Crippen molar-refractivity contribution in [2.24, 2.45) is 0 Å². The number of hydrogen-bond acceptors (Lipinski definition) is 4. The van der Waals surface area contributed by atoms with Crippen molar-refractivity contribution >= 4 is 38.8 Å². The van der Waals surface area contributed by atoms with Gasteiger partial charge in [-0.3, -0.25) is 0 Å². The number of benzene rings is 7. The minimum absolute atomic E-state index is 0.599. The highest BCUT2D eigenvalue weighted by Crippen LogP contribution is 2.41. The fourth-order valence-corrected chi connectivity index (χ4v) is 7.50. The van der Waals surface area contributed by atoms with Crippen LogP contribution in [-0.2, 0) is 6.42 Å². The summed E-state index contributed by atoms with van der Waals surface area (Å²) in [5.41, 5.74) is 11.6. The van der Waals surface area contributed by atoms with Gasteiger partial charge in [0, 0.05) is 27.5 Å². The molecule has 1 aliphatic carbocycles. The number of nitrogens with zero attached hydrogens (tertiary/aromatic N) is 3. The number of furan rings is 1. The van der Waals surface area contributed by atoms with Crippen LogP contribution >= 0.6 is 0 Å². The second kappa shape index (κ2) is 12.4. The van der Waals surface area contributed by atoms with Gasteiger partial charge >= 0.3 is 0 Å². The molecular weight excluding hydrogens is 635 g/mol. The molecule has 0 bridgehead atoms. The van der Waals surface area contributed by atoms with Crippen LogP contribution in [0, 0.1) is 0 Å². The van der Waals surface area contributed by atoms with Crippen LogP contribution in [-0.4, -0.2) is 15.0 Å². The number of allylic oxidation sites excluding steroid dienone is 3. The quantitative estimate of drug-likeness (QED) is 0.184. The average Bonchev–Trinajstić information content (AvgIpc) is 3.42. The molecule has 9 aromatic rings. The maximum absolute atomic E-state index is 6.51. The summed E-state index contributed by atoms with van der Waals surface area (Å²) in [6, 6.07) is 52.6. The molecule has 0 unspecified atom stereocenters. The Morgan fingerprint density at radius 1 is 0.442 bits per heavy atom. The van der Waals surface area contributed by atoms with Crippen LogP contribution < -0.4 is 0 Å². The van der Waals surface area contributed by atoms with Crippen molar-refractivity contribution in [2.75, 3.05) is 0 Å². The highest BCUT2D eigenvalue weighted by Gasteiger charge is 2.19. The molecule has 7 aromatic carbocycles. The van der Waals surface area contributed by atoms with E-state index in [1.54, 1.807) is 0 Å². The highest BCUT2D eigenvalue weighted by molar-refractivity contribution is 6.13. The van der Waals surface area contributed by atoms with E-state index < -0.39 is 0 Å². The van der Waals surface area contributed by atoms with Crippen molar-refractivity contribution < 1.29 is 4.42 Å². The van der Waals surface area contributed by atoms with Crippen LogP contribution in [0.4, 0.5) is 0 Å². The van der Waals surface area contributed by atoms with E-state index in [-0.39, 0.29) is 0 Å². The molecule has 4 heteroatoms. The minimum Gasteiger partial charge on any atom is -0.456 e. The van der Waals surface area contributed by atoms with E-state index in [1.807, 2.05) is 48.5 Å². The van der Waals surface area contributed by atoms with Gasteiger partial charge in [0.2, 0.25) is 0 Å². The molecule has 0 fully saturated rings. The Hall–Kier alpha value is -6.91. The Kier molecular flexibility index (Phi) is 7.17. The van der Waals surface area contributed by atoms with Gasteiger partial charge in [0.1, 0.15) is 11.2 Å². The molecule has 0 amide bonds. The average molecular weight is 666 g/mol. The molecule has 10 rings (SSSR count). The van der Waals surface area contributed by atoms with Crippen LogP contribution in [0.25, 0.3) is 95.2 Å². The zero-order chi connectivity index (χ0) is 34.4. The third kappa shape index (κ3) is 5.21. The zero-order valence-electron chi connectivity index (χ0n) is 28.2. The molecule has 0 radical (unpaired) electrons. The SMILES string of the molecule is C1=CCc2c(ccc3cccc(-c4ccc5oc6cccc(-c7nc(-c8ccccc8)nc(-c8cccc(-c9ccccc9)c8)n7)c6c5c4)c23)C=C1. The second-order valence-corrected chi connectivity index (χ2v) is 13.1. The van der Waals surface area contributed by atoms with Gasteiger partial charge in [-0.15, -0.1) is 0 Å². The van der Waals surface area contributed by atoms with Crippen LogP contribution in [0.2, 0.25) is 0 Å². The van der Waals surface area contributed by atoms with Crippen molar-refractivity contribution in [1.29, 1.82) is 0 Å². The first-order valence-electron chi connectivity index (χ1n) is 17.6. The fraction of sp³-hybridized carbons (Fsp3) is 0.0208. The van der Waals surface area contributed by atoms with Crippen molar-refractivity contribution in [1.82, 2.24) is 15.0 Å². The Labute approximate surface area is 301 Å². The molecule has 244 valence electrons. The fourth-order valence-electron chi connectivity index (χ4n) is 7.50. The molecule has 0 saturated carbocycles. The van der Waals surface area contributed by atoms with E-state index >= 15 is 0 Å². The van der Waals surface area contributed by atoms with E-state index in [4.69, 9.17) is 19.4 Å². The van der Waals surface area contributed by atoms with Gasteiger partial charge in [0.05, 0.1) is 0 Å².